The number of hydrogen-bond donors (Lipinski definition) is 4. The van der Waals surface area contributed by atoms with Gasteiger partial charge in [0.2, 0.25) is 0 Å². The summed E-state index contributed by atoms with van der Waals surface area (Å²) in [7, 11) is 0. The topological polar surface area (TPSA) is 141 Å². The number of aliphatic carboxylic acids is 2. The second-order valence-electron chi connectivity index (χ2n) is 5.59. The first kappa shape index (κ1) is 38.4. The molecule has 8 nitrogen and oxygen atoms in total. The van der Waals surface area contributed by atoms with E-state index in [1.807, 2.05) is 30.3 Å². The van der Waals surface area contributed by atoms with Crippen LogP contribution in [0, 0.1) is 6.07 Å². The zero-order valence-electron chi connectivity index (χ0n) is 18.9. The Bertz CT molecular complexity index is 559. The monoisotopic (exact) mass is 826 g/mol. The Kier molecular flexibility index (Phi) is 38.7. The number of hydrogen-bond acceptors (Lipinski definition) is 7. The number of carbonyl (C=O) groups excluding carboxylic acids is 1. The van der Waals surface area contributed by atoms with Crippen molar-refractivity contribution in [3.8, 4) is 0 Å². The van der Waals surface area contributed by atoms with Crippen LogP contribution in [-0.4, -0.2) is 76.7 Å². The van der Waals surface area contributed by atoms with Gasteiger partial charge in [-0.05, 0) is 6.92 Å². The van der Waals surface area contributed by atoms with Gasteiger partial charge in [-0.3, -0.25) is 9.69 Å². The average Bonchev–Trinajstić information content (AvgIpc) is 2.71. The van der Waals surface area contributed by atoms with E-state index < -0.39 is 11.9 Å². The Morgan fingerprint density at radius 1 is 0.875 bits per heavy atom. The van der Waals surface area contributed by atoms with Crippen LogP contribution < -0.4 is 8.18 Å². The van der Waals surface area contributed by atoms with Crippen molar-refractivity contribution in [3.05, 3.63) is 66.7 Å². The molecular weight excluding hydrogens is 791 g/mol. The zero-order chi connectivity index (χ0) is 24.3. The second-order valence-corrected chi connectivity index (χ2v) is 8.76. The third-order valence-corrected chi connectivity index (χ3v) is 4.53. The van der Waals surface area contributed by atoms with Crippen molar-refractivity contribution in [2.45, 2.75) is 13.8 Å². The van der Waals surface area contributed by atoms with Gasteiger partial charge in [-0.15, -0.1) is 0 Å². The SMILES string of the molecule is CC(=O)O.CC(=O)[O-].OCCN(CCO)CCO.[Hg+2].[Hg][c]1ccccc1.[c-]1ccccc1. The third-order valence-electron chi connectivity index (χ3n) is 2.70. The van der Waals surface area contributed by atoms with E-state index in [0.29, 0.717) is 19.6 Å². The first-order valence-corrected chi connectivity index (χ1v) is 12.2. The largest absolute Gasteiger partial charge is 0.184 e. The fourth-order valence-corrected chi connectivity index (χ4v) is 2.64. The minimum absolute atomic E-state index is 0. The van der Waals surface area contributed by atoms with Crippen LogP contribution in [0.15, 0.2) is 60.7 Å². The molecule has 0 heterocycles. The van der Waals surface area contributed by atoms with E-state index in [0.717, 1.165) is 40.0 Å². The minimum atomic E-state index is -1.08. The molecule has 2 rings (SSSR count). The number of carboxylic acids is 2. The van der Waals surface area contributed by atoms with Crippen LogP contribution in [0.3, 0.4) is 0 Å². The first-order chi connectivity index (χ1) is 14.7. The molecule has 32 heavy (non-hydrogen) atoms. The molecule has 0 unspecified atom stereocenters. The predicted molar refractivity (Wildman–Crippen MR) is 113 cm³/mol. The van der Waals surface area contributed by atoms with E-state index in [9.17, 15) is 0 Å². The van der Waals surface area contributed by atoms with E-state index in [1.165, 1.54) is 3.07 Å². The number of carbonyl (C=O) groups is 2. The Labute approximate surface area is 227 Å². The van der Waals surface area contributed by atoms with Gasteiger partial charge in [0.1, 0.15) is 0 Å². The van der Waals surface area contributed by atoms with E-state index in [2.05, 4.69) is 36.4 Å². The molecule has 0 radical (unpaired) electrons. The molecule has 0 aliphatic carbocycles. The molecule has 2 aromatic carbocycles. The van der Waals surface area contributed by atoms with Crippen molar-refractivity contribution in [2.75, 3.05) is 39.5 Å². The quantitative estimate of drug-likeness (QED) is 0.225. The fourth-order valence-electron chi connectivity index (χ4n) is 1.58. The average molecular weight is 824 g/mol. The molecule has 0 atom stereocenters. The maximum atomic E-state index is 9.00. The summed E-state index contributed by atoms with van der Waals surface area (Å²) in [6, 6.07) is 23.1. The maximum Gasteiger partial charge on any atom is -0.171 e. The van der Waals surface area contributed by atoms with E-state index in [1.54, 1.807) is 4.90 Å². The molecule has 4 N–H and O–H groups in total. The first-order valence-electron chi connectivity index (χ1n) is 9.41. The van der Waals surface area contributed by atoms with Gasteiger partial charge in [0.05, 0.1) is 19.8 Å². The van der Waals surface area contributed by atoms with Crippen LogP contribution >= 0.6 is 0 Å². The van der Waals surface area contributed by atoms with Crippen LogP contribution in [0.1, 0.15) is 13.8 Å². The Hall–Kier alpha value is -0.910. The molecule has 0 bridgehead atoms. The number of rotatable bonds is 6. The summed E-state index contributed by atoms with van der Waals surface area (Å²) in [6.07, 6.45) is 0. The van der Waals surface area contributed by atoms with Crippen LogP contribution in [0.5, 0.6) is 0 Å². The standard InChI is InChI=1S/C6H15NO3.2C6H5.2C2H4O2.2Hg/c8-4-1-7(2-5-9)3-6-10;2*1-2-4-6-5-3-1;2*1-2(3)4;;/h8-10H,1-6H2;2*1-5H;2*1H3,(H,3,4);;/q;;-1;;;;+2/p-1. The van der Waals surface area contributed by atoms with Gasteiger partial charge in [0, 0.05) is 32.5 Å². The van der Waals surface area contributed by atoms with Crippen LogP contribution in [0.25, 0.3) is 0 Å². The van der Waals surface area contributed by atoms with E-state index in [-0.39, 0.29) is 47.5 Å². The molecule has 2 aromatic rings. The summed E-state index contributed by atoms with van der Waals surface area (Å²) >= 11 is 0.810. The van der Waals surface area contributed by atoms with Gasteiger partial charge < -0.3 is 30.3 Å². The molecule has 171 valence electrons. The normalized spacial score (nSPS) is 8.38. The molecule has 0 aromatic heterocycles. The molecule has 0 aliphatic rings. The summed E-state index contributed by atoms with van der Waals surface area (Å²) in [5.74, 6) is -1.92. The van der Waals surface area contributed by atoms with Crippen molar-refractivity contribution >= 4 is 15.0 Å². The van der Waals surface area contributed by atoms with E-state index in [4.69, 9.17) is 35.1 Å². The Morgan fingerprint density at radius 3 is 1.34 bits per heavy atom. The molecule has 0 saturated carbocycles. The number of benzene rings is 2. The molecular formula is C22H32Hg2NO7. The summed E-state index contributed by atoms with van der Waals surface area (Å²) in [5, 5.41) is 41.8. The van der Waals surface area contributed by atoms with E-state index >= 15 is 0 Å². The number of aliphatic hydroxyl groups is 3. The van der Waals surface area contributed by atoms with Gasteiger partial charge in [0.15, 0.2) is 0 Å². The second kappa shape index (κ2) is 32.3. The molecule has 0 fully saturated rings. The molecule has 0 amide bonds. The van der Waals surface area contributed by atoms with Crippen molar-refractivity contribution in [3.63, 3.8) is 0 Å². The molecule has 0 aliphatic heterocycles. The minimum Gasteiger partial charge on any atom is -0.184 e. The summed E-state index contributed by atoms with van der Waals surface area (Å²) in [5.41, 5.74) is 0. The summed E-state index contributed by atoms with van der Waals surface area (Å²) < 4.78 is 1.52. The van der Waals surface area contributed by atoms with Crippen LogP contribution in [0.4, 0.5) is 0 Å². The van der Waals surface area contributed by atoms with Gasteiger partial charge >= 0.3 is 87.2 Å². The molecule has 10 heteroatoms. The third kappa shape index (κ3) is 47.0. The van der Waals surface area contributed by atoms with Gasteiger partial charge in [-0.1, -0.05) is 0 Å². The smallest absolute Gasteiger partial charge is 0.171 e. The van der Waals surface area contributed by atoms with Crippen LogP contribution in [-0.2, 0) is 63.4 Å². The number of nitrogens with zero attached hydrogens (tertiary/aromatic N) is 1. The van der Waals surface area contributed by atoms with Crippen molar-refractivity contribution < 1.29 is 88.9 Å². The van der Waals surface area contributed by atoms with Crippen molar-refractivity contribution in [1.29, 1.82) is 0 Å². The molecule has 0 saturated heterocycles. The Morgan fingerprint density at radius 2 is 1.19 bits per heavy atom. The van der Waals surface area contributed by atoms with Crippen molar-refractivity contribution in [1.82, 2.24) is 4.90 Å². The zero-order valence-corrected chi connectivity index (χ0v) is 29.9. The van der Waals surface area contributed by atoms with Crippen LogP contribution in [0.2, 0.25) is 0 Å². The van der Waals surface area contributed by atoms with Gasteiger partial charge in [0.25, 0.3) is 5.97 Å². The number of aliphatic hydroxyl groups excluding tert-OH is 3. The van der Waals surface area contributed by atoms with Gasteiger partial charge in [-0.2, -0.15) is 36.4 Å². The summed E-state index contributed by atoms with van der Waals surface area (Å²) in [6.45, 7) is 3.81. The predicted octanol–water partition coefficient (Wildman–Crippen LogP) is -0.545. The van der Waals surface area contributed by atoms with Crippen molar-refractivity contribution in [2.24, 2.45) is 0 Å². The fraction of sp³-hybridized carbons (Fsp3) is 0.364. The number of carboxylic acid groups (broad SMARTS) is 2. The Balaban J connectivity index is -0.000000159. The summed E-state index contributed by atoms with van der Waals surface area (Å²) in [4.78, 5) is 19.7. The molecule has 0 spiro atoms. The van der Waals surface area contributed by atoms with Gasteiger partial charge in [-0.25, -0.2) is 0 Å². The maximum absolute atomic E-state index is 9.00.